The van der Waals surface area contributed by atoms with Crippen LogP contribution in [0.15, 0.2) is 66.1 Å². The minimum absolute atomic E-state index is 0.0262. The van der Waals surface area contributed by atoms with Crippen molar-refractivity contribution >= 4 is 27.0 Å². The smallest absolute Gasteiger partial charge is 0.238 e. The molecule has 0 radical (unpaired) electrons. The molecule has 34 heavy (non-hydrogen) atoms. The van der Waals surface area contributed by atoms with Gasteiger partial charge in [0.2, 0.25) is 15.9 Å². The van der Waals surface area contributed by atoms with Crippen molar-refractivity contribution < 1.29 is 13.2 Å². The first-order valence-electron chi connectivity index (χ1n) is 11.2. The fourth-order valence-electron chi connectivity index (χ4n) is 3.97. The second-order valence-corrected chi connectivity index (χ2v) is 9.79. The van der Waals surface area contributed by atoms with Gasteiger partial charge in [0.05, 0.1) is 28.3 Å². The molecule has 2 heterocycles. The van der Waals surface area contributed by atoms with Crippen LogP contribution >= 0.6 is 0 Å². The molecule has 0 aliphatic rings. The van der Waals surface area contributed by atoms with Gasteiger partial charge in [-0.2, -0.15) is 0 Å². The molecule has 0 saturated heterocycles. The lowest BCUT2D eigenvalue weighted by Crippen LogP contribution is -2.27. The van der Waals surface area contributed by atoms with Crippen molar-refractivity contribution in [2.75, 3.05) is 0 Å². The van der Waals surface area contributed by atoms with E-state index in [4.69, 9.17) is 5.14 Å². The number of benzene rings is 2. The molecule has 0 saturated carbocycles. The Morgan fingerprint density at radius 1 is 1.18 bits per heavy atom. The van der Waals surface area contributed by atoms with Gasteiger partial charge >= 0.3 is 0 Å². The molecule has 9 nitrogen and oxygen atoms in total. The van der Waals surface area contributed by atoms with Crippen LogP contribution in [-0.4, -0.2) is 33.4 Å². The zero-order valence-corrected chi connectivity index (χ0v) is 20.0. The first-order valence-corrected chi connectivity index (χ1v) is 12.7. The summed E-state index contributed by atoms with van der Waals surface area (Å²) in [5.74, 6) is 0.669. The predicted octanol–water partition coefficient (Wildman–Crippen LogP) is 3.09. The van der Waals surface area contributed by atoms with Crippen LogP contribution in [0, 0.1) is 0 Å². The number of aryl methyl sites for hydroxylation is 2. The molecular weight excluding hydrogens is 452 g/mol. The van der Waals surface area contributed by atoms with E-state index in [9.17, 15) is 13.2 Å². The summed E-state index contributed by atoms with van der Waals surface area (Å²) in [6.07, 6.45) is 6.94. The molecule has 0 bridgehead atoms. The fraction of sp³-hybridized carbons (Fsp3) is 0.292. The monoisotopic (exact) mass is 480 g/mol. The second kappa shape index (κ2) is 9.78. The molecule has 178 valence electrons. The van der Waals surface area contributed by atoms with Gasteiger partial charge in [0.1, 0.15) is 5.82 Å². The van der Waals surface area contributed by atoms with Crippen molar-refractivity contribution in [1.29, 1.82) is 0 Å². The molecule has 3 N–H and O–H groups in total. The lowest BCUT2D eigenvalue weighted by Gasteiger charge is -2.15. The normalized spacial score (nSPS) is 12.7. The molecule has 0 fully saturated rings. The molecular formula is C24H28N6O3S. The molecule has 0 aliphatic heterocycles. The number of nitrogens with one attached hydrogen (secondary N) is 1. The predicted molar refractivity (Wildman–Crippen MR) is 130 cm³/mol. The van der Waals surface area contributed by atoms with Crippen LogP contribution in [0.2, 0.25) is 0 Å². The van der Waals surface area contributed by atoms with Crippen LogP contribution in [0.5, 0.6) is 0 Å². The number of rotatable bonds is 9. The Kier molecular flexibility index (Phi) is 6.80. The SMILES string of the molecule is CCCn1c(CCC(=O)NC(C)c2ccc(-n3ccnc3)cc2)nc2cc(S(N)(=O)=O)ccc21. The zero-order valence-electron chi connectivity index (χ0n) is 19.2. The number of fused-ring (bicyclic) bond motifs is 1. The number of imidazole rings is 2. The van der Waals surface area contributed by atoms with Gasteiger partial charge in [-0.25, -0.2) is 23.5 Å². The Hall–Kier alpha value is -3.50. The van der Waals surface area contributed by atoms with Crippen LogP contribution in [0.4, 0.5) is 0 Å². The first kappa shape index (κ1) is 23.7. The Bertz CT molecular complexity index is 1390. The van der Waals surface area contributed by atoms with Crippen molar-refractivity contribution in [3.05, 3.63) is 72.6 Å². The number of nitrogens with zero attached hydrogens (tertiary/aromatic N) is 4. The average molecular weight is 481 g/mol. The van der Waals surface area contributed by atoms with Crippen LogP contribution in [0.3, 0.4) is 0 Å². The highest BCUT2D eigenvalue weighted by molar-refractivity contribution is 7.89. The van der Waals surface area contributed by atoms with Crippen LogP contribution < -0.4 is 10.5 Å². The van der Waals surface area contributed by atoms with Crippen LogP contribution in [0.1, 0.15) is 44.1 Å². The number of carbonyl (C=O) groups excluding carboxylic acids is 1. The van der Waals surface area contributed by atoms with Gasteiger partial charge in [-0.05, 0) is 49.2 Å². The summed E-state index contributed by atoms with van der Waals surface area (Å²) in [5.41, 5.74) is 3.39. The van der Waals surface area contributed by atoms with Crippen molar-refractivity contribution in [2.45, 2.75) is 50.6 Å². The summed E-state index contributed by atoms with van der Waals surface area (Å²) in [4.78, 5) is 21.4. The topological polar surface area (TPSA) is 125 Å². The fourth-order valence-corrected chi connectivity index (χ4v) is 4.50. The number of hydrogen-bond donors (Lipinski definition) is 2. The second-order valence-electron chi connectivity index (χ2n) is 8.23. The summed E-state index contributed by atoms with van der Waals surface area (Å²) in [5, 5.41) is 8.30. The van der Waals surface area contributed by atoms with Crippen molar-refractivity contribution in [3.8, 4) is 5.69 Å². The third-order valence-electron chi connectivity index (χ3n) is 5.72. The Morgan fingerprint density at radius 3 is 2.59 bits per heavy atom. The highest BCUT2D eigenvalue weighted by Gasteiger charge is 2.16. The van der Waals surface area contributed by atoms with E-state index in [0.717, 1.165) is 35.6 Å². The van der Waals surface area contributed by atoms with E-state index in [1.807, 2.05) is 46.5 Å². The quantitative estimate of drug-likeness (QED) is 0.381. The van der Waals surface area contributed by atoms with E-state index < -0.39 is 10.0 Å². The van der Waals surface area contributed by atoms with E-state index in [-0.39, 0.29) is 23.3 Å². The highest BCUT2D eigenvalue weighted by Crippen LogP contribution is 2.22. The summed E-state index contributed by atoms with van der Waals surface area (Å²) in [7, 11) is -3.81. The first-order chi connectivity index (χ1) is 16.3. The Balaban J connectivity index is 1.43. The van der Waals surface area contributed by atoms with Gasteiger partial charge in [-0.15, -0.1) is 0 Å². The third-order valence-corrected chi connectivity index (χ3v) is 6.63. The van der Waals surface area contributed by atoms with Gasteiger partial charge in [-0.1, -0.05) is 19.1 Å². The summed E-state index contributed by atoms with van der Waals surface area (Å²) < 4.78 is 27.3. The van der Waals surface area contributed by atoms with Crippen LogP contribution in [-0.2, 0) is 27.8 Å². The number of amides is 1. The van der Waals surface area contributed by atoms with E-state index in [1.165, 1.54) is 12.1 Å². The molecule has 2 aromatic heterocycles. The zero-order chi connectivity index (χ0) is 24.3. The molecule has 0 aliphatic carbocycles. The van der Waals surface area contributed by atoms with E-state index in [0.29, 0.717) is 11.9 Å². The van der Waals surface area contributed by atoms with Gasteiger partial charge in [0.15, 0.2) is 0 Å². The lowest BCUT2D eigenvalue weighted by molar-refractivity contribution is -0.121. The van der Waals surface area contributed by atoms with Crippen molar-refractivity contribution in [1.82, 2.24) is 24.4 Å². The number of aromatic nitrogens is 4. The van der Waals surface area contributed by atoms with E-state index >= 15 is 0 Å². The molecule has 1 amide bonds. The highest BCUT2D eigenvalue weighted by atomic mass is 32.2. The van der Waals surface area contributed by atoms with Gasteiger partial charge in [-0.3, -0.25) is 4.79 Å². The summed E-state index contributed by atoms with van der Waals surface area (Å²) in [6, 6.07) is 12.5. The standard InChI is InChI=1S/C24H28N6O3S/c1-3-13-30-22-9-8-20(34(25,32)33)15-21(22)28-23(30)10-11-24(31)27-17(2)18-4-6-19(7-5-18)29-14-12-26-16-29/h4-9,12,14-17H,3,10-11,13H2,1-2H3,(H,27,31)(H2,25,32,33). The van der Waals surface area contributed by atoms with Crippen molar-refractivity contribution in [2.24, 2.45) is 5.14 Å². The molecule has 1 atom stereocenters. The number of hydrogen-bond acceptors (Lipinski definition) is 5. The van der Waals surface area contributed by atoms with Gasteiger partial charge in [0, 0.05) is 37.5 Å². The number of nitrogens with two attached hydrogens (primary N) is 1. The molecule has 1 unspecified atom stereocenters. The largest absolute Gasteiger partial charge is 0.350 e. The molecule has 10 heteroatoms. The summed E-state index contributed by atoms with van der Waals surface area (Å²) in [6.45, 7) is 4.73. The number of primary sulfonamides is 1. The van der Waals surface area contributed by atoms with Crippen LogP contribution in [0.25, 0.3) is 16.7 Å². The van der Waals surface area contributed by atoms with Gasteiger partial charge < -0.3 is 14.5 Å². The molecule has 2 aromatic carbocycles. The van der Waals surface area contributed by atoms with Crippen molar-refractivity contribution in [3.63, 3.8) is 0 Å². The molecule has 0 spiro atoms. The van der Waals surface area contributed by atoms with E-state index in [2.05, 4.69) is 22.2 Å². The average Bonchev–Trinajstić information content (AvgIpc) is 3.46. The minimum atomic E-state index is -3.81. The van der Waals surface area contributed by atoms with E-state index in [1.54, 1.807) is 18.6 Å². The number of carbonyl (C=O) groups is 1. The third kappa shape index (κ3) is 5.18. The maximum Gasteiger partial charge on any atom is 0.238 e. The number of sulfonamides is 1. The minimum Gasteiger partial charge on any atom is -0.350 e. The molecule has 4 aromatic rings. The summed E-state index contributed by atoms with van der Waals surface area (Å²) >= 11 is 0. The maximum absolute atomic E-state index is 12.7. The Morgan fingerprint density at radius 2 is 1.94 bits per heavy atom. The lowest BCUT2D eigenvalue weighted by atomic mass is 10.1. The molecule has 4 rings (SSSR count). The van der Waals surface area contributed by atoms with Gasteiger partial charge in [0.25, 0.3) is 0 Å². The maximum atomic E-state index is 12.7. The Labute approximate surface area is 198 Å².